The van der Waals surface area contributed by atoms with Gasteiger partial charge in [0.05, 0.1) is 0 Å². The predicted molar refractivity (Wildman–Crippen MR) is 93.5 cm³/mol. The average molecular weight is 330 g/mol. The minimum absolute atomic E-state index is 0.0438. The molecule has 6 atom stereocenters. The molecule has 0 radical (unpaired) electrons. The molecule has 24 heavy (non-hydrogen) atoms. The molecular formula is C20H30N2O2. The van der Waals surface area contributed by atoms with Gasteiger partial charge in [-0.3, -0.25) is 10.2 Å². The van der Waals surface area contributed by atoms with Crippen molar-refractivity contribution in [2.45, 2.75) is 71.3 Å². The smallest absolute Gasteiger partial charge is 0.279 e. The first kappa shape index (κ1) is 16.2. The molecule has 3 saturated carbocycles. The largest absolute Gasteiger partial charge is 0.462 e. The van der Waals surface area contributed by atoms with Crippen molar-refractivity contribution in [1.82, 2.24) is 0 Å². The maximum Gasteiger partial charge on any atom is 0.279 e. The van der Waals surface area contributed by atoms with Crippen LogP contribution in [-0.2, 0) is 9.53 Å². The summed E-state index contributed by atoms with van der Waals surface area (Å²) in [7, 11) is 0. The Morgan fingerprint density at radius 3 is 2.67 bits per heavy atom. The van der Waals surface area contributed by atoms with Crippen LogP contribution in [0.25, 0.3) is 0 Å². The van der Waals surface area contributed by atoms with Gasteiger partial charge in [0.1, 0.15) is 11.9 Å². The van der Waals surface area contributed by atoms with Crippen LogP contribution in [-0.4, -0.2) is 17.9 Å². The van der Waals surface area contributed by atoms with Crippen LogP contribution in [0, 0.1) is 34.0 Å². The van der Waals surface area contributed by atoms with E-state index < -0.39 is 0 Å². The first-order valence-electron chi connectivity index (χ1n) is 9.58. The van der Waals surface area contributed by atoms with Crippen LogP contribution in [0.4, 0.5) is 0 Å². The number of fused-ring (bicyclic) bond motifs is 5. The number of ketones is 1. The van der Waals surface area contributed by atoms with Gasteiger partial charge < -0.3 is 10.5 Å². The Morgan fingerprint density at radius 2 is 1.92 bits per heavy atom. The summed E-state index contributed by atoms with van der Waals surface area (Å²) < 4.78 is 5.50. The summed E-state index contributed by atoms with van der Waals surface area (Å²) in [5.41, 5.74) is 7.16. The van der Waals surface area contributed by atoms with Crippen LogP contribution in [0.5, 0.6) is 0 Å². The van der Waals surface area contributed by atoms with Gasteiger partial charge in [0.25, 0.3) is 6.02 Å². The van der Waals surface area contributed by atoms with Crippen LogP contribution >= 0.6 is 0 Å². The number of allylic oxidation sites excluding steroid dienone is 1. The van der Waals surface area contributed by atoms with Crippen LogP contribution in [0.2, 0.25) is 0 Å². The molecule has 132 valence electrons. The fourth-order valence-electron chi connectivity index (χ4n) is 6.68. The summed E-state index contributed by atoms with van der Waals surface area (Å²) in [6.45, 7) is 4.68. The SMILES string of the molecule is C[C@]12CCC(OC(=N)N)CC1=CC[C@@H]1[C@@H]2CC[C@]2(C)C(=O)CC[C@@H]12. The monoisotopic (exact) mass is 330 g/mol. The van der Waals surface area contributed by atoms with E-state index >= 15 is 0 Å². The standard InChI is InChI=1S/C20H30N2O2/c1-19-9-7-13(24-18(21)22)11-12(19)3-4-14-15-5-6-17(23)20(15,2)10-8-16(14)19/h3,13-16H,4-11H2,1-2H3,(H3,21,22)/t13?,14-,15-,16-,19-,20-/m0/s1. The molecule has 0 heterocycles. The third-order valence-corrected chi connectivity index (χ3v) is 8.06. The van der Waals surface area contributed by atoms with Crippen LogP contribution in [0.3, 0.4) is 0 Å². The lowest BCUT2D eigenvalue weighted by molar-refractivity contribution is -0.131. The summed E-state index contributed by atoms with van der Waals surface area (Å²) >= 11 is 0. The van der Waals surface area contributed by atoms with Crippen LogP contribution in [0.1, 0.15) is 65.2 Å². The number of carbonyl (C=O) groups excluding carboxylic acids is 1. The van der Waals surface area contributed by atoms with E-state index in [1.54, 1.807) is 0 Å². The second kappa shape index (κ2) is 5.34. The van der Waals surface area contributed by atoms with Gasteiger partial charge in [-0.05, 0) is 61.7 Å². The number of carbonyl (C=O) groups is 1. The summed E-state index contributed by atoms with van der Waals surface area (Å²) in [5.74, 6) is 2.49. The molecule has 4 aliphatic rings. The molecular weight excluding hydrogens is 300 g/mol. The van der Waals surface area contributed by atoms with E-state index in [1.165, 1.54) is 12.0 Å². The Hall–Kier alpha value is -1.32. The number of hydrogen-bond donors (Lipinski definition) is 2. The van der Waals surface area contributed by atoms with Gasteiger partial charge in [-0.1, -0.05) is 25.5 Å². The van der Waals surface area contributed by atoms with Gasteiger partial charge in [-0.2, -0.15) is 0 Å². The number of nitrogens with two attached hydrogens (primary N) is 1. The highest BCUT2D eigenvalue weighted by atomic mass is 16.5. The van der Waals surface area contributed by atoms with Crippen LogP contribution in [0.15, 0.2) is 11.6 Å². The van der Waals surface area contributed by atoms with E-state index in [1.807, 2.05) is 0 Å². The fourth-order valence-corrected chi connectivity index (χ4v) is 6.68. The second-order valence-electron chi connectivity index (χ2n) is 9.02. The highest BCUT2D eigenvalue weighted by Crippen LogP contribution is 2.64. The normalized spacial score (nSPS) is 47.2. The van der Waals surface area contributed by atoms with Crippen molar-refractivity contribution in [3.8, 4) is 0 Å². The zero-order chi connectivity index (χ0) is 17.1. The summed E-state index contributed by atoms with van der Waals surface area (Å²) in [4.78, 5) is 12.4. The molecule has 4 rings (SSSR count). The van der Waals surface area contributed by atoms with E-state index in [-0.39, 0.29) is 23.0 Å². The van der Waals surface area contributed by atoms with E-state index in [0.29, 0.717) is 23.5 Å². The van der Waals surface area contributed by atoms with Crippen molar-refractivity contribution < 1.29 is 9.53 Å². The Labute approximate surface area is 144 Å². The number of Topliss-reactive ketones (excluding diaryl/α,β-unsaturated/α-hetero) is 1. The lowest BCUT2D eigenvalue weighted by Crippen LogP contribution is -2.50. The average Bonchev–Trinajstić information content (AvgIpc) is 2.83. The number of amidine groups is 1. The molecule has 3 fully saturated rings. The topological polar surface area (TPSA) is 76.2 Å². The maximum atomic E-state index is 12.4. The molecule has 0 bridgehead atoms. The van der Waals surface area contributed by atoms with Crippen molar-refractivity contribution in [3.63, 3.8) is 0 Å². The first-order chi connectivity index (χ1) is 11.3. The third kappa shape index (κ3) is 2.18. The summed E-state index contributed by atoms with van der Waals surface area (Å²) in [6, 6.07) is -0.157. The van der Waals surface area contributed by atoms with Gasteiger partial charge in [0.15, 0.2) is 0 Å². The van der Waals surface area contributed by atoms with Crippen molar-refractivity contribution in [2.75, 3.05) is 0 Å². The second-order valence-corrected chi connectivity index (χ2v) is 9.02. The molecule has 0 spiro atoms. The lowest BCUT2D eigenvalue weighted by atomic mass is 9.48. The maximum absolute atomic E-state index is 12.4. The van der Waals surface area contributed by atoms with Gasteiger partial charge in [-0.15, -0.1) is 0 Å². The van der Waals surface area contributed by atoms with E-state index in [2.05, 4.69) is 19.9 Å². The van der Waals surface area contributed by atoms with Crippen molar-refractivity contribution >= 4 is 11.8 Å². The Morgan fingerprint density at radius 1 is 1.21 bits per heavy atom. The molecule has 4 aliphatic carbocycles. The number of nitrogens with one attached hydrogen (secondary N) is 1. The van der Waals surface area contributed by atoms with Crippen molar-refractivity contribution in [1.29, 1.82) is 5.41 Å². The van der Waals surface area contributed by atoms with Crippen molar-refractivity contribution in [3.05, 3.63) is 11.6 Å². The molecule has 1 unspecified atom stereocenters. The molecule has 4 heteroatoms. The van der Waals surface area contributed by atoms with Crippen molar-refractivity contribution in [2.24, 2.45) is 34.3 Å². The van der Waals surface area contributed by atoms with E-state index in [9.17, 15) is 4.79 Å². The number of hydrogen-bond acceptors (Lipinski definition) is 3. The van der Waals surface area contributed by atoms with Gasteiger partial charge in [-0.25, -0.2) is 0 Å². The minimum atomic E-state index is -0.157. The number of rotatable bonds is 1. The Bertz CT molecular complexity index is 613. The fraction of sp³-hybridized carbons (Fsp3) is 0.800. The highest BCUT2D eigenvalue weighted by Gasteiger charge is 2.58. The van der Waals surface area contributed by atoms with Gasteiger partial charge in [0, 0.05) is 18.3 Å². The third-order valence-electron chi connectivity index (χ3n) is 8.06. The van der Waals surface area contributed by atoms with E-state index in [4.69, 9.17) is 15.9 Å². The summed E-state index contributed by atoms with van der Waals surface area (Å²) in [5, 5.41) is 7.38. The lowest BCUT2D eigenvalue weighted by Gasteiger charge is -2.56. The molecule has 4 nitrogen and oxygen atoms in total. The molecule has 0 aliphatic heterocycles. The molecule has 0 aromatic heterocycles. The zero-order valence-corrected chi connectivity index (χ0v) is 14.9. The zero-order valence-electron chi connectivity index (χ0n) is 14.9. The predicted octanol–water partition coefficient (Wildman–Crippen LogP) is 3.80. The number of ether oxygens (including phenoxy) is 1. The molecule has 0 saturated heterocycles. The van der Waals surface area contributed by atoms with Gasteiger partial charge in [0.2, 0.25) is 0 Å². The Balaban J connectivity index is 1.60. The molecule has 0 aromatic rings. The quantitative estimate of drug-likeness (QED) is 0.436. The molecule has 0 amide bonds. The van der Waals surface area contributed by atoms with Crippen LogP contribution < -0.4 is 5.73 Å². The highest BCUT2D eigenvalue weighted by molar-refractivity contribution is 5.87. The molecule has 0 aromatic carbocycles. The first-order valence-corrected chi connectivity index (χ1v) is 9.58. The van der Waals surface area contributed by atoms with Gasteiger partial charge >= 0.3 is 0 Å². The Kier molecular flexibility index (Phi) is 3.59. The minimum Gasteiger partial charge on any atom is -0.462 e. The molecule has 3 N–H and O–H groups in total. The summed E-state index contributed by atoms with van der Waals surface area (Å²) in [6.07, 6.45) is 10.8. The van der Waals surface area contributed by atoms with E-state index in [0.717, 1.165) is 44.9 Å².